The average molecular weight is 318 g/mol. The fourth-order valence-electron chi connectivity index (χ4n) is 1.72. The van der Waals surface area contributed by atoms with Crippen molar-refractivity contribution in [1.82, 2.24) is 20.1 Å². The summed E-state index contributed by atoms with van der Waals surface area (Å²) in [6, 6.07) is 4.10. The number of hydrogen-bond donors (Lipinski definition) is 2. The van der Waals surface area contributed by atoms with Crippen molar-refractivity contribution in [2.45, 2.75) is 22.8 Å². The molecule has 5 nitrogen and oxygen atoms in total. The largest absolute Gasteiger partial charge is 0.417 e. The summed E-state index contributed by atoms with van der Waals surface area (Å²) in [7, 11) is 3.10. The van der Waals surface area contributed by atoms with Crippen LogP contribution in [-0.4, -0.2) is 21.8 Å². The molecule has 0 bridgehead atoms. The molecule has 0 amide bonds. The van der Waals surface area contributed by atoms with Crippen LogP contribution in [0.15, 0.2) is 33.0 Å². The maximum Gasteiger partial charge on any atom is 0.417 e. The van der Waals surface area contributed by atoms with Gasteiger partial charge < -0.3 is 5.32 Å². The lowest BCUT2D eigenvalue weighted by atomic mass is 10.1. The van der Waals surface area contributed by atoms with Crippen molar-refractivity contribution in [3.8, 4) is 0 Å². The lowest BCUT2D eigenvalue weighted by Gasteiger charge is -2.13. The standard InChI is InChI=1S/C12H13F3N4OS/c1-16-6-7-3-4-9(8(5-7)12(13,14)15)21-11-18-17-10(20)19(11)2/h3-5,16H,6H2,1-2H3,(H,17,20). The Morgan fingerprint density at radius 2 is 2.14 bits per heavy atom. The molecule has 1 aromatic carbocycles. The first-order valence-corrected chi connectivity index (χ1v) is 6.78. The Morgan fingerprint density at radius 3 is 2.67 bits per heavy atom. The molecule has 0 aliphatic carbocycles. The van der Waals surface area contributed by atoms with Gasteiger partial charge in [-0.05, 0) is 36.5 Å². The molecule has 0 aliphatic heterocycles. The van der Waals surface area contributed by atoms with Crippen LogP contribution in [0.4, 0.5) is 13.2 Å². The van der Waals surface area contributed by atoms with Gasteiger partial charge in [-0.1, -0.05) is 6.07 Å². The highest BCUT2D eigenvalue weighted by Crippen LogP contribution is 2.39. The van der Waals surface area contributed by atoms with E-state index in [1.54, 1.807) is 13.1 Å². The summed E-state index contributed by atoms with van der Waals surface area (Å²) in [4.78, 5) is 11.3. The van der Waals surface area contributed by atoms with Crippen molar-refractivity contribution >= 4 is 11.8 Å². The van der Waals surface area contributed by atoms with Crippen molar-refractivity contribution in [3.63, 3.8) is 0 Å². The Balaban J connectivity index is 2.43. The first kappa shape index (κ1) is 15.6. The van der Waals surface area contributed by atoms with Crippen molar-refractivity contribution in [1.29, 1.82) is 0 Å². The number of rotatable bonds is 4. The Labute approximate surface area is 122 Å². The normalized spacial score (nSPS) is 11.9. The Morgan fingerprint density at radius 1 is 1.43 bits per heavy atom. The number of nitrogens with one attached hydrogen (secondary N) is 2. The van der Waals surface area contributed by atoms with Crippen LogP contribution in [-0.2, 0) is 19.8 Å². The number of H-pyrrole nitrogens is 1. The summed E-state index contributed by atoms with van der Waals surface area (Å²) >= 11 is 0.796. The topological polar surface area (TPSA) is 62.7 Å². The van der Waals surface area contributed by atoms with E-state index < -0.39 is 17.4 Å². The van der Waals surface area contributed by atoms with Crippen molar-refractivity contribution in [2.24, 2.45) is 7.05 Å². The van der Waals surface area contributed by atoms with Crippen LogP contribution in [0, 0.1) is 0 Å². The molecule has 0 spiro atoms. The molecule has 0 atom stereocenters. The Bertz CT molecular complexity index is 693. The Hall–Kier alpha value is -1.74. The van der Waals surface area contributed by atoms with E-state index in [1.807, 2.05) is 0 Å². The molecule has 0 radical (unpaired) electrons. The highest BCUT2D eigenvalue weighted by Gasteiger charge is 2.34. The van der Waals surface area contributed by atoms with Gasteiger partial charge in [0.15, 0.2) is 5.16 Å². The van der Waals surface area contributed by atoms with E-state index in [4.69, 9.17) is 0 Å². The second-order valence-electron chi connectivity index (χ2n) is 4.33. The predicted molar refractivity (Wildman–Crippen MR) is 72.2 cm³/mol. The van der Waals surface area contributed by atoms with Gasteiger partial charge in [0.05, 0.1) is 5.56 Å². The summed E-state index contributed by atoms with van der Waals surface area (Å²) in [5, 5.41) is 8.87. The number of halogens is 3. The molecule has 1 aromatic heterocycles. The number of hydrogen-bond acceptors (Lipinski definition) is 4. The lowest BCUT2D eigenvalue weighted by Crippen LogP contribution is -2.13. The zero-order valence-corrected chi connectivity index (χ0v) is 12.1. The van der Waals surface area contributed by atoms with E-state index in [2.05, 4.69) is 15.5 Å². The molecule has 0 fully saturated rings. The van der Waals surface area contributed by atoms with E-state index in [0.29, 0.717) is 12.1 Å². The van der Waals surface area contributed by atoms with E-state index in [9.17, 15) is 18.0 Å². The Kier molecular flexibility index (Phi) is 4.43. The monoisotopic (exact) mass is 318 g/mol. The molecule has 114 valence electrons. The molecule has 9 heteroatoms. The molecule has 0 saturated heterocycles. The molecule has 0 saturated carbocycles. The van der Waals surface area contributed by atoms with Crippen LogP contribution in [0.2, 0.25) is 0 Å². The molecular formula is C12H13F3N4OS. The molecule has 2 aromatic rings. The van der Waals surface area contributed by atoms with Crippen LogP contribution in [0.25, 0.3) is 0 Å². The van der Waals surface area contributed by atoms with Crippen molar-refractivity contribution < 1.29 is 13.2 Å². The second-order valence-corrected chi connectivity index (χ2v) is 5.34. The summed E-state index contributed by atoms with van der Waals surface area (Å²) in [6.07, 6.45) is -4.47. The molecular weight excluding hydrogens is 305 g/mol. The highest BCUT2D eigenvalue weighted by molar-refractivity contribution is 7.99. The minimum atomic E-state index is -4.47. The highest BCUT2D eigenvalue weighted by atomic mass is 32.2. The third kappa shape index (κ3) is 3.48. The number of nitrogens with zero attached hydrogens (tertiary/aromatic N) is 2. The lowest BCUT2D eigenvalue weighted by molar-refractivity contribution is -0.139. The van der Waals surface area contributed by atoms with E-state index >= 15 is 0 Å². The number of aromatic nitrogens is 3. The SMILES string of the molecule is CNCc1ccc(Sc2n[nH]c(=O)n2C)c(C(F)(F)F)c1. The summed E-state index contributed by atoms with van der Waals surface area (Å²) in [6.45, 7) is 0.342. The maximum atomic E-state index is 13.1. The van der Waals surface area contributed by atoms with E-state index in [1.165, 1.54) is 13.1 Å². The third-order valence-corrected chi connectivity index (χ3v) is 3.89. The van der Waals surface area contributed by atoms with Crippen molar-refractivity contribution in [2.75, 3.05) is 7.05 Å². The first-order valence-electron chi connectivity index (χ1n) is 5.97. The number of benzene rings is 1. The van der Waals surface area contributed by atoms with Crippen molar-refractivity contribution in [3.05, 3.63) is 39.8 Å². The summed E-state index contributed by atoms with van der Waals surface area (Å²) < 4.78 is 40.6. The maximum absolute atomic E-state index is 13.1. The van der Waals surface area contributed by atoms with Crippen LogP contribution < -0.4 is 11.0 Å². The average Bonchev–Trinajstić information content (AvgIpc) is 2.71. The van der Waals surface area contributed by atoms with Gasteiger partial charge in [0.1, 0.15) is 0 Å². The van der Waals surface area contributed by atoms with Gasteiger partial charge in [-0.25, -0.2) is 9.89 Å². The minimum absolute atomic E-state index is 0.00412. The quantitative estimate of drug-likeness (QED) is 0.905. The molecule has 2 N–H and O–H groups in total. The number of aromatic amines is 1. The van der Waals surface area contributed by atoms with E-state index in [-0.39, 0.29) is 10.1 Å². The third-order valence-electron chi connectivity index (χ3n) is 2.77. The van der Waals surface area contributed by atoms with Gasteiger partial charge in [0, 0.05) is 18.5 Å². The van der Waals surface area contributed by atoms with Crippen LogP contribution >= 0.6 is 11.8 Å². The van der Waals surface area contributed by atoms with Crippen LogP contribution in [0.5, 0.6) is 0 Å². The second kappa shape index (κ2) is 5.94. The van der Waals surface area contributed by atoms with Gasteiger partial charge in [-0.15, -0.1) is 5.10 Å². The molecule has 0 aliphatic rings. The summed E-state index contributed by atoms with van der Waals surface area (Å²) in [5.74, 6) is 0. The number of alkyl halides is 3. The minimum Gasteiger partial charge on any atom is -0.316 e. The van der Waals surface area contributed by atoms with Crippen LogP contribution in [0.1, 0.15) is 11.1 Å². The molecule has 21 heavy (non-hydrogen) atoms. The molecule has 2 rings (SSSR count). The summed E-state index contributed by atoms with van der Waals surface area (Å²) in [5.41, 5.74) is -0.682. The molecule has 1 heterocycles. The van der Waals surface area contributed by atoms with Gasteiger partial charge in [-0.2, -0.15) is 13.2 Å². The smallest absolute Gasteiger partial charge is 0.316 e. The zero-order valence-electron chi connectivity index (χ0n) is 11.3. The van der Waals surface area contributed by atoms with Gasteiger partial charge in [0.2, 0.25) is 0 Å². The first-order chi connectivity index (χ1) is 9.82. The van der Waals surface area contributed by atoms with Gasteiger partial charge >= 0.3 is 11.9 Å². The van der Waals surface area contributed by atoms with Crippen LogP contribution in [0.3, 0.4) is 0 Å². The van der Waals surface area contributed by atoms with E-state index in [0.717, 1.165) is 22.4 Å². The zero-order chi connectivity index (χ0) is 15.6. The molecule has 0 unspecified atom stereocenters. The van der Waals surface area contributed by atoms with Gasteiger partial charge in [-0.3, -0.25) is 4.57 Å². The van der Waals surface area contributed by atoms with Gasteiger partial charge in [0.25, 0.3) is 0 Å². The fraction of sp³-hybridized carbons (Fsp3) is 0.333. The predicted octanol–water partition coefficient (Wildman–Crippen LogP) is 2.00. The fourth-order valence-corrected chi connectivity index (χ4v) is 2.65.